The highest BCUT2D eigenvalue weighted by molar-refractivity contribution is 7.89. The van der Waals surface area contributed by atoms with Crippen LogP contribution in [0.3, 0.4) is 0 Å². The van der Waals surface area contributed by atoms with E-state index in [0.29, 0.717) is 17.5 Å². The van der Waals surface area contributed by atoms with Gasteiger partial charge in [0.25, 0.3) is 0 Å². The summed E-state index contributed by atoms with van der Waals surface area (Å²) in [7, 11) is -3.87. The summed E-state index contributed by atoms with van der Waals surface area (Å²) in [6, 6.07) is 4.09. The first-order valence-corrected chi connectivity index (χ1v) is 9.27. The maximum atomic E-state index is 12.7. The number of fused-ring (bicyclic) bond motifs is 1. The summed E-state index contributed by atoms with van der Waals surface area (Å²) in [6.45, 7) is 3.73. The lowest BCUT2D eigenvalue weighted by Gasteiger charge is -2.23. The number of carbonyl (C=O) groups excluding carboxylic acids is 1. The van der Waals surface area contributed by atoms with Gasteiger partial charge < -0.3 is 0 Å². The Hall–Kier alpha value is -1.62. The van der Waals surface area contributed by atoms with Crippen LogP contribution in [0.4, 0.5) is 0 Å². The number of amides is 1. The fourth-order valence-corrected chi connectivity index (χ4v) is 4.26. The van der Waals surface area contributed by atoms with Crippen molar-refractivity contribution >= 4 is 38.7 Å². The lowest BCUT2D eigenvalue weighted by molar-refractivity contribution is -0.129. The van der Waals surface area contributed by atoms with Gasteiger partial charge >= 0.3 is 0 Å². The summed E-state index contributed by atoms with van der Waals surface area (Å²) in [5.41, 5.74) is 2.34. The molecule has 0 spiro atoms. The fraction of sp³-hybridized carbons (Fsp3) is 0.462. The number of nitrogens with zero attached hydrogens (tertiary/aromatic N) is 2. The number of benzene rings is 1. The highest BCUT2D eigenvalue weighted by atomic mass is 32.2. The summed E-state index contributed by atoms with van der Waals surface area (Å²) in [5, 5.41) is 8.67. The predicted molar refractivity (Wildman–Crippen MR) is 85.5 cm³/mol. The number of hydrogen-bond donors (Lipinski definition) is 3. The van der Waals surface area contributed by atoms with Crippen LogP contribution in [0.1, 0.15) is 26.7 Å². The number of aromatic nitrogens is 2. The van der Waals surface area contributed by atoms with Gasteiger partial charge in [0.15, 0.2) is 0 Å². The minimum absolute atomic E-state index is 0.0291. The van der Waals surface area contributed by atoms with E-state index < -0.39 is 22.0 Å². The number of rotatable bonds is 7. The molecule has 0 aliphatic rings. The number of carbonyl (C=O) groups is 1. The van der Waals surface area contributed by atoms with Crippen molar-refractivity contribution in [1.29, 1.82) is 0 Å². The molecule has 0 aliphatic carbocycles. The molecule has 23 heavy (non-hydrogen) atoms. The van der Waals surface area contributed by atoms with Crippen LogP contribution < -0.4 is 10.2 Å². The molecule has 1 heterocycles. The highest BCUT2D eigenvalue weighted by Crippen LogP contribution is 2.22. The Morgan fingerprint density at radius 2 is 2.13 bits per heavy atom. The van der Waals surface area contributed by atoms with Crippen molar-refractivity contribution in [2.24, 2.45) is 5.92 Å². The SMILES string of the molecule is CC[C@H](C)[C@@H](CC(=O)NO)NS(=O)(=O)c1cccc2nsnc12. The second-order valence-electron chi connectivity index (χ2n) is 5.24. The van der Waals surface area contributed by atoms with Crippen molar-refractivity contribution in [1.82, 2.24) is 18.9 Å². The topological polar surface area (TPSA) is 121 Å². The van der Waals surface area contributed by atoms with Gasteiger partial charge in [-0.1, -0.05) is 26.3 Å². The van der Waals surface area contributed by atoms with Gasteiger partial charge in [-0.2, -0.15) is 8.75 Å². The summed E-state index contributed by atoms with van der Waals surface area (Å²) in [4.78, 5) is 11.4. The Balaban J connectivity index is 2.34. The van der Waals surface area contributed by atoms with Crippen molar-refractivity contribution < 1.29 is 18.4 Å². The van der Waals surface area contributed by atoms with E-state index in [1.165, 1.54) is 11.5 Å². The molecule has 1 aromatic heterocycles. The van der Waals surface area contributed by atoms with Crippen molar-refractivity contribution in [3.63, 3.8) is 0 Å². The maximum Gasteiger partial charge on any atom is 0.244 e. The molecule has 0 aliphatic heterocycles. The zero-order valence-electron chi connectivity index (χ0n) is 12.7. The van der Waals surface area contributed by atoms with Crippen molar-refractivity contribution in [3.05, 3.63) is 18.2 Å². The lowest BCUT2D eigenvalue weighted by Crippen LogP contribution is -2.42. The van der Waals surface area contributed by atoms with Crippen LogP contribution >= 0.6 is 11.7 Å². The van der Waals surface area contributed by atoms with Crippen LogP contribution in [0, 0.1) is 5.92 Å². The summed E-state index contributed by atoms with van der Waals surface area (Å²) < 4.78 is 35.9. The molecule has 126 valence electrons. The second kappa shape index (κ2) is 7.30. The first-order valence-electron chi connectivity index (χ1n) is 7.05. The molecule has 8 nitrogen and oxygen atoms in total. The zero-order valence-corrected chi connectivity index (χ0v) is 14.3. The third-order valence-corrected chi connectivity index (χ3v) is 5.77. The normalized spacial score (nSPS) is 14.6. The molecule has 0 unspecified atom stereocenters. The monoisotopic (exact) mass is 358 g/mol. The Kier molecular flexibility index (Phi) is 5.63. The Morgan fingerprint density at radius 3 is 2.78 bits per heavy atom. The standard InChI is InChI=1S/C13H18N4O4S2/c1-3-8(2)10(7-12(18)14-19)17-23(20,21)11-6-4-5-9-13(11)16-22-15-9/h4-6,8,10,17,19H,3,7H2,1-2H3,(H,14,18)/t8-,10+/m0/s1. The molecule has 0 radical (unpaired) electrons. The highest BCUT2D eigenvalue weighted by Gasteiger charge is 2.27. The molecule has 2 atom stereocenters. The van der Waals surface area contributed by atoms with Crippen molar-refractivity contribution in [3.8, 4) is 0 Å². The number of hydroxylamine groups is 1. The van der Waals surface area contributed by atoms with E-state index in [4.69, 9.17) is 5.21 Å². The molecular formula is C13H18N4O4S2. The molecule has 3 N–H and O–H groups in total. The summed E-state index contributed by atoms with van der Waals surface area (Å²) >= 11 is 0.938. The quantitative estimate of drug-likeness (QED) is 0.506. The molecule has 0 saturated heterocycles. The molecular weight excluding hydrogens is 340 g/mol. The van der Waals surface area contributed by atoms with Gasteiger partial charge in [0.1, 0.15) is 15.9 Å². The predicted octanol–water partition coefficient (Wildman–Crippen LogP) is 1.28. The van der Waals surface area contributed by atoms with E-state index in [0.717, 1.165) is 11.7 Å². The van der Waals surface area contributed by atoms with E-state index in [1.807, 2.05) is 13.8 Å². The molecule has 2 aromatic rings. The third-order valence-electron chi connectivity index (χ3n) is 3.71. The smallest absolute Gasteiger partial charge is 0.244 e. The van der Waals surface area contributed by atoms with Gasteiger partial charge in [0, 0.05) is 12.5 Å². The largest absolute Gasteiger partial charge is 0.289 e. The molecule has 2 rings (SSSR count). The van der Waals surface area contributed by atoms with Crippen LogP contribution in [0.15, 0.2) is 23.1 Å². The summed E-state index contributed by atoms with van der Waals surface area (Å²) in [5.74, 6) is -0.735. The van der Waals surface area contributed by atoms with Gasteiger partial charge in [-0.15, -0.1) is 0 Å². The Bertz CT molecular complexity index is 790. The first kappa shape index (κ1) is 17.7. The number of sulfonamides is 1. The van der Waals surface area contributed by atoms with Crippen LogP contribution in [0.2, 0.25) is 0 Å². The molecule has 0 saturated carbocycles. The number of nitrogens with one attached hydrogen (secondary N) is 2. The van der Waals surface area contributed by atoms with Crippen LogP contribution in [0.5, 0.6) is 0 Å². The van der Waals surface area contributed by atoms with Gasteiger partial charge in [-0.3, -0.25) is 10.0 Å². The van der Waals surface area contributed by atoms with Gasteiger partial charge in [-0.25, -0.2) is 18.6 Å². The average Bonchev–Trinajstić information content (AvgIpc) is 3.01. The van der Waals surface area contributed by atoms with Crippen molar-refractivity contribution in [2.75, 3.05) is 0 Å². The summed E-state index contributed by atoms with van der Waals surface area (Å²) in [6.07, 6.45) is 0.518. The Morgan fingerprint density at radius 1 is 1.39 bits per heavy atom. The minimum atomic E-state index is -3.87. The van der Waals surface area contributed by atoms with E-state index >= 15 is 0 Å². The molecule has 0 bridgehead atoms. The van der Waals surface area contributed by atoms with Gasteiger partial charge in [0.2, 0.25) is 15.9 Å². The van der Waals surface area contributed by atoms with E-state index in [2.05, 4.69) is 13.5 Å². The lowest BCUT2D eigenvalue weighted by atomic mass is 9.97. The van der Waals surface area contributed by atoms with E-state index in [1.54, 1.807) is 12.1 Å². The molecule has 10 heteroatoms. The number of hydrogen-bond acceptors (Lipinski definition) is 7. The van der Waals surface area contributed by atoms with Crippen LogP contribution in [-0.4, -0.2) is 34.3 Å². The Labute approximate surface area is 138 Å². The van der Waals surface area contributed by atoms with Gasteiger partial charge in [-0.05, 0) is 18.1 Å². The second-order valence-corrected chi connectivity index (χ2v) is 7.45. The first-order chi connectivity index (χ1) is 10.9. The average molecular weight is 358 g/mol. The minimum Gasteiger partial charge on any atom is -0.289 e. The third kappa shape index (κ3) is 4.02. The molecule has 1 aromatic carbocycles. The van der Waals surface area contributed by atoms with Gasteiger partial charge in [0.05, 0.1) is 11.7 Å². The zero-order chi connectivity index (χ0) is 17.0. The van der Waals surface area contributed by atoms with Crippen LogP contribution in [0.25, 0.3) is 11.0 Å². The fourth-order valence-electron chi connectivity index (χ4n) is 2.15. The molecule has 1 amide bonds. The van der Waals surface area contributed by atoms with Crippen LogP contribution in [-0.2, 0) is 14.8 Å². The van der Waals surface area contributed by atoms with E-state index in [-0.39, 0.29) is 17.2 Å². The van der Waals surface area contributed by atoms with E-state index in [9.17, 15) is 13.2 Å². The van der Waals surface area contributed by atoms with Crippen molar-refractivity contribution in [2.45, 2.75) is 37.6 Å². The maximum absolute atomic E-state index is 12.7. The molecule has 0 fully saturated rings.